The first-order chi connectivity index (χ1) is 13.4. The van der Waals surface area contributed by atoms with E-state index in [0.717, 1.165) is 28.8 Å². The summed E-state index contributed by atoms with van der Waals surface area (Å²) in [6, 6.07) is 11.1. The summed E-state index contributed by atoms with van der Waals surface area (Å²) >= 11 is 0. The molecule has 8 heteroatoms. The Morgan fingerprint density at radius 1 is 1.21 bits per heavy atom. The molecule has 2 heterocycles. The van der Waals surface area contributed by atoms with Crippen molar-refractivity contribution in [3.8, 4) is 0 Å². The lowest BCUT2D eigenvalue weighted by Gasteiger charge is -2.23. The Hall–Kier alpha value is -3.68. The van der Waals surface area contributed by atoms with Crippen molar-refractivity contribution in [2.45, 2.75) is 13.5 Å². The maximum Gasteiger partial charge on any atom is 0.258 e. The number of nitrogens with two attached hydrogens (primary N) is 1. The lowest BCUT2D eigenvalue weighted by atomic mass is 10.1. The molecule has 28 heavy (non-hydrogen) atoms. The number of carbonyl (C=O) groups is 2. The zero-order chi connectivity index (χ0) is 20.0. The average Bonchev–Trinajstić information content (AvgIpc) is 2.83. The molecular weight excluding hydrogens is 361 g/mol. The number of carbonyl (C=O) groups excluding carboxylic acids is 2. The smallest absolute Gasteiger partial charge is 0.258 e. The standard InChI is InChI=1S/C20H18FN5O2/c1-11-14-10-26(20(28)12-7-8-13(18(22)27)15(21)9-12)17-6-4-3-5-16(17)23-19(14)25(2)24-11/h3-9,23H,10H2,1-2H3,(H2,22,27). The van der Waals surface area contributed by atoms with Crippen LogP contribution in [0.25, 0.3) is 0 Å². The third-order valence-corrected chi connectivity index (χ3v) is 4.84. The number of primary amides is 1. The summed E-state index contributed by atoms with van der Waals surface area (Å²) < 4.78 is 15.9. The molecule has 0 atom stereocenters. The van der Waals surface area contributed by atoms with Crippen LogP contribution in [-0.4, -0.2) is 21.6 Å². The van der Waals surface area contributed by atoms with Crippen LogP contribution in [0.5, 0.6) is 0 Å². The van der Waals surface area contributed by atoms with Gasteiger partial charge in [-0.05, 0) is 37.3 Å². The quantitative estimate of drug-likeness (QED) is 0.716. The van der Waals surface area contributed by atoms with Crippen LogP contribution in [0, 0.1) is 12.7 Å². The molecule has 0 unspecified atom stereocenters. The number of aryl methyl sites for hydroxylation is 2. The number of rotatable bonds is 2. The zero-order valence-electron chi connectivity index (χ0n) is 15.4. The molecule has 0 bridgehead atoms. The van der Waals surface area contributed by atoms with E-state index in [9.17, 15) is 14.0 Å². The van der Waals surface area contributed by atoms with Gasteiger partial charge in [0.1, 0.15) is 11.6 Å². The first kappa shape index (κ1) is 17.7. The summed E-state index contributed by atoms with van der Waals surface area (Å²) in [4.78, 5) is 26.1. The molecule has 1 aliphatic rings. The van der Waals surface area contributed by atoms with Crippen LogP contribution < -0.4 is 16.0 Å². The molecule has 0 saturated heterocycles. The van der Waals surface area contributed by atoms with Crippen molar-refractivity contribution in [1.29, 1.82) is 0 Å². The van der Waals surface area contributed by atoms with Gasteiger partial charge in [0.2, 0.25) is 0 Å². The monoisotopic (exact) mass is 379 g/mol. The summed E-state index contributed by atoms with van der Waals surface area (Å²) in [6.45, 7) is 2.15. The van der Waals surface area contributed by atoms with Crippen LogP contribution in [0.4, 0.5) is 21.6 Å². The highest BCUT2D eigenvalue weighted by Gasteiger charge is 2.28. The van der Waals surface area contributed by atoms with Crippen molar-refractivity contribution >= 4 is 29.0 Å². The number of hydrogen-bond donors (Lipinski definition) is 2. The highest BCUT2D eigenvalue weighted by atomic mass is 19.1. The molecule has 4 rings (SSSR count). The Morgan fingerprint density at radius 2 is 1.96 bits per heavy atom. The number of anilines is 3. The average molecular weight is 379 g/mol. The van der Waals surface area contributed by atoms with E-state index in [1.165, 1.54) is 12.1 Å². The summed E-state index contributed by atoms with van der Waals surface area (Å²) in [6.07, 6.45) is 0. The minimum Gasteiger partial charge on any atom is -0.366 e. The van der Waals surface area contributed by atoms with E-state index in [0.29, 0.717) is 5.69 Å². The third-order valence-electron chi connectivity index (χ3n) is 4.84. The third kappa shape index (κ3) is 2.79. The fraction of sp³-hybridized carbons (Fsp3) is 0.150. The van der Waals surface area contributed by atoms with Gasteiger partial charge in [-0.3, -0.25) is 14.3 Å². The fourth-order valence-electron chi connectivity index (χ4n) is 3.42. The Balaban J connectivity index is 1.81. The van der Waals surface area contributed by atoms with Gasteiger partial charge in [-0.25, -0.2) is 4.39 Å². The van der Waals surface area contributed by atoms with Crippen LogP contribution in [0.15, 0.2) is 42.5 Å². The van der Waals surface area contributed by atoms with Crippen molar-refractivity contribution in [3.63, 3.8) is 0 Å². The molecule has 142 valence electrons. The van der Waals surface area contributed by atoms with Gasteiger partial charge in [-0.15, -0.1) is 0 Å². The topological polar surface area (TPSA) is 93.2 Å². The first-order valence-corrected chi connectivity index (χ1v) is 8.66. The number of amides is 2. The van der Waals surface area contributed by atoms with Crippen LogP contribution in [-0.2, 0) is 13.6 Å². The minimum atomic E-state index is -0.878. The number of para-hydroxylation sites is 2. The van der Waals surface area contributed by atoms with Crippen molar-refractivity contribution in [2.24, 2.45) is 12.8 Å². The second-order valence-corrected chi connectivity index (χ2v) is 6.63. The fourth-order valence-corrected chi connectivity index (χ4v) is 3.42. The molecule has 2 aromatic carbocycles. The van der Waals surface area contributed by atoms with Crippen LogP contribution in [0.2, 0.25) is 0 Å². The van der Waals surface area contributed by atoms with Gasteiger partial charge < -0.3 is 16.0 Å². The van der Waals surface area contributed by atoms with Crippen LogP contribution in [0.1, 0.15) is 32.0 Å². The van der Waals surface area contributed by atoms with E-state index in [1.807, 2.05) is 38.2 Å². The molecule has 1 aliphatic heterocycles. The number of fused-ring (bicyclic) bond motifs is 2. The molecule has 0 fully saturated rings. The maximum absolute atomic E-state index is 14.2. The number of hydrogen-bond acceptors (Lipinski definition) is 4. The molecule has 3 N–H and O–H groups in total. The molecule has 0 aliphatic carbocycles. The van der Waals surface area contributed by atoms with Gasteiger partial charge in [0.05, 0.1) is 29.2 Å². The molecule has 0 radical (unpaired) electrons. The second kappa shape index (κ2) is 6.49. The maximum atomic E-state index is 14.2. The highest BCUT2D eigenvalue weighted by Crippen LogP contribution is 2.37. The zero-order valence-corrected chi connectivity index (χ0v) is 15.4. The number of nitrogens with zero attached hydrogens (tertiary/aromatic N) is 3. The number of halogens is 1. The van der Waals surface area contributed by atoms with Crippen LogP contribution >= 0.6 is 0 Å². The van der Waals surface area contributed by atoms with E-state index < -0.39 is 11.7 Å². The molecule has 7 nitrogen and oxygen atoms in total. The van der Waals surface area contributed by atoms with Crippen molar-refractivity contribution in [3.05, 3.63) is 70.7 Å². The van der Waals surface area contributed by atoms with Gasteiger partial charge >= 0.3 is 0 Å². The summed E-state index contributed by atoms with van der Waals surface area (Å²) in [7, 11) is 1.83. The minimum absolute atomic E-state index is 0.127. The van der Waals surface area contributed by atoms with E-state index in [-0.39, 0.29) is 23.6 Å². The number of nitrogens with one attached hydrogen (secondary N) is 1. The summed E-state index contributed by atoms with van der Waals surface area (Å²) in [5.41, 5.74) is 8.11. The van der Waals surface area contributed by atoms with E-state index >= 15 is 0 Å². The van der Waals surface area contributed by atoms with E-state index in [4.69, 9.17) is 5.73 Å². The second-order valence-electron chi connectivity index (χ2n) is 6.63. The lowest BCUT2D eigenvalue weighted by molar-refractivity contribution is 0.0976. The summed E-state index contributed by atoms with van der Waals surface area (Å²) in [5.74, 6) is -1.29. The SMILES string of the molecule is Cc1nn(C)c2c1CN(C(=O)c1ccc(C(N)=O)c(F)c1)c1ccccc1N2. The van der Waals surface area contributed by atoms with Gasteiger partial charge in [0.15, 0.2) is 0 Å². The normalized spacial score (nSPS) is 12.6. The number of benzene rings is 2. The van der Waals surface area contributed by atoms with Gasteiger partial charge in [0, 0.05) is 18.2 Å². The predicted octanol–water partition coefficient (Wildman–Crippen LogP) is 2.87. The Morgan fingerprint density at radius 3 is 2.68 bits per heavy atom. The summed E-state index contributed by atoms with van der Waals surface area (Å²) in [5, 5.41) is 7.76. The van der Waals surface area contributed by atoms with Crippen molar-refractivity contribution in [2.75, 3.05) is 10.2 Å². The Kier molecular flexibility index (Phi) is 4.11. The predicted molar refractivity (Wildman–Crippen MR) is 103 cm³/mol. The number of aromatic nitrogens is 2. The molecular formula is C20H18FN5O2. The van der Waals surface area contributed by atoms with Gasteiger partial charge in [-0.1, -0.05) is 12.1 Å². The van der Waals surface area contributed by atoms with E-state index in [2.05, 4.69) is 10.4 Å². The largest absolute Gasteiger partial charge is 0.366 e. The molecule has 0 saturated carbocycles. The van der Waals surface area contributed by atoms with Crippen LogP contribution in [0.3, 0.4) is 0 Å². The first-order valence-electron chi connectivity index (χ1n) is 8.66. The molecule has 1 aromatic heterocycles. The van der Waals surface area contributed by atoms with E-state index in [1.54, 1.807) is 9.58 Å². The highest BCUT2D eigenvalue weighted by molar-refractivity contribution is 6.09. The molecule has 2 amide bonds. The van der Waals surface area contributed by atoms with Gasteiger partial charge in [0.25, 0.3) is 11.8 Å². The molecule has 3 aromatic rings. The Bertz CT molecular complexity index is 1120. The molecule has 0 spiro atoms. The van der Waals surface area contributed by atoms with Crippen molar-refractivity contribution in [1.82, 2.24) is 9.78 Å². The lowest BCUT2D eigenvalue weighted by Crippen LogP contribution is -2.30. The van der Waals surface area contributed by atoms with Crippen molar-refractivity contribution < 1.29 is 14.0 Å². The Labute approximate surface area is 160 Å². The van der Waals surface area contributed by atoms with Gasteiger partial charge in [-0.2, -0.15) is 5.10 Å².